The van der Waals surface area contributed by atoms with E-state index in [1.807, 2.05) is 20.8 Å². The molecule has 2 fully saturated rings. The van der Waals surface area contributed by atoms with Crippen LogP contribution in [0.4, 0.5) is 4.79 Å². The number of carbonyl (C=O) groups excluding carboxylic acids is 1. The van der Waals surface area contributed by atoms with Crippen LogP contribution in [-0.4, -0.2) is 54.5 Å². The molecule has 2 saturated heterocycles. The van der Waals surface area contributed by atoms with E-state index >= 15 is 0 Å². The molecule has 0 bridgehead atoms. The van der Waals surface area contributed by atoms with Crippen molar-refractivity contribution in [1.82, 2.24) is 10.2 Å². The minimum Gasteiger partial charge on any atom is -0.444 e. The van der Waals surface area contributed by atoms with Gasteiger partial charge in [-0.15, -0.1) is 0 Å². The molecule has 2 heterocycles. The van der Waals surface area contributed by atoms with Crippen LogP contribution in [0.25, 0.3) is 0 Å². The van der Waals surface area contributed by atoms with E-state index in [0.717, 1.165) is 19.6 Å². The van der Waals surface area contributed by atoms with Crippen LogP contribution < -0.4 is 5.32 Å². The molecule has 0 aromatic carbocycles. The van der Waals surface area contributed by atoms with Crippen LogP contribution in [0.3, 0.4) is 0 Å². The summed E-state index contributed by atoms with van der Waals surface area (Å²) < 4.78 is 11.2. The van der Waals surface area contributed by atoms with E-state index in [4.69, 9.17) is 9.47 Å². The molecule has 2 unspecified atom stereocenters. The highest BCUT2D eigenvalue weighted by Crippen LogP contribution is 2.27. The molecule has 0 radical (unpaired) electrons. The lowest BCUT2D eigenvalue weighted by molar-refractivity contribution is -0.0848. The van der Waals surface area contributed by atoms with Crippen molar-refractivity contribution in [2.24, 2.45) is 0 Å². The zero-order valence-electron chi connectivity index (χ0n) is 11.8. The Hall–Kier alpha value is -0.810. The van der Waals surface area contributed by atoms with Gasteiger partial charge in [-0.2, -0.15) is 0 Å². The molecule has 2 aliphatic rings. The summed E-state index contributed by atoms with van der Waals surface area (Å²) >= 11 is 0. The first-order chi connectivity index (χ1) is 8.30. The maximum Gasteiger partial charge on any atom is 0.410 e. The van der Waals surface area contributed by atoms with Gasteiger partial charge in [0.1, 0.15) is 5.60 Å². The van der Waals surface area contributed by atoms with E-state index < -0.39 is 5.60 Å². The molecule has 2 atom stereocenters. The van der Waals surface area contributed by atoms with Crippen molar-refractivity contribution in [3.05, 3.63) is 0 Å². The Morgan fingerprint density at radius 2 is 2.22 bits per heavy atom. The Morgan fingerprint density at radius 3 is 2.89 bits per heavy atom. The molecule has 5 heteroatoms. The summed E-state index contributed by atoms with van der Waals surface area (Å²) in [6.45, 7) is 10.7. The van der Waals surface area contributed by atoms with Crippen molar-refractivity contribution in [3.8, 4) is 0 Å². The monoisotopic (exact) mass is 256 g/mol. The SMILES string of the molecule is CC(C)(C)OC(=O)N1CCC2OCCNC2(C)C1. The highest BCUT2D eigenvalue weighted by molar-refractivity contribution is 5.68. The lowest BCUT2D eigenvalue weighted by Gasteiger charge is -2.48. The van der Waals surface area contributed by atoms with Crippen LogP contribution in [-0.2, 0) is 9.47 Å². The first kappa shape index (κ1) is 13.6. The molecule has 0 aromatic heterocycles. The summed E-state index contributed by atoms with van der Waals surface area (Å²) in [6, 6.07) is 0. The predicted molar refractivity (Wildman–Crippen MR) is 68.6 cm³/mol. The number of likely N-dealkylation sites (tertiary alicyclic amines) is 1. The second kappa shape index (κ2) is 4.70. The van der Waals surface area contributed by atoms with Crippen LogP contribution in [0.2, 0.25) is 0 Å². The molecule has 5 nitrogen and oxygen atoms in total. The first-order valence-corrected chi connectivity index (χ1v) is 6.65. The topological polar surface area (TPSA) is 50.8 Å². The van der Waals surface area contributed by atoms with Gasteiger partial charge in [-0.1, -0.05) is 0 Å². The summed E-state index contributed by atoms with van der Waals surface area (Å²) in [5.74, 6) is 0. The molecular weight excluding hydrogens is 232 g/mol. The number of rotatable bonds is 0. The van der Waals surface area contributed by atoms with E-state index in [-0.39, 0.29) is 17.7 Å². The number of nitrogens with zero attached hydrogens (tertiary/aromatic N) is 1. The third-order valence-electron chi connectivity index (χ3n) is 3.49. The number of hydrogen-bond donors (Lipinski definition) is 1. The van der Waals surface area contributed by atoms with Crippen molar-refractivity contribution >= 4 is 6.09 Å². The molecular formula is C13H24N2O3. The van der Waals surface area contributed by atoms with Gasteiger partial charge in [0, 0.05) is 19.6 Å². The van der Waals surface area contributed by atoms with E-state index in [0.29, 0.717) is 13.1 Å². The number of nitrogens with one attached hydrogen (secondary N) is 1. The molecule has 2 rings (SSSR count). The van der Waals surface area contributed by atoms with E-state index in [9.17, 15) is 4.79 Å². The number of amides is 1. The zero-order valence-corrected chi connectivity index (χ0v) is 11.8. The molecule has 0 aliphatic carbocycles. The van der Waals surface area contributed by atoms with Gasteiger partial charge in [0.15, 0.2) is 0 Å². The number of hydrogen-bond acceptors (Lipinski definition) is 4. The maximum absolute atomic E-state index is 12.1. The van der Waals surface area contributed by atoms with Crippen LogP contribution in [0.5, 0.6) is 0 Å². The van der Waals surface area contributed by atoms with Crippen molar-refractivity contribution in [1.29, 1.82) is 0 Å². The van der Waals surface area contributed by atoms with Crippen molar-refractivity contribution in [2.75, 3.05) is 26.2 Å². The second-order valence-corrected chi connectivity index (χ2v) is 6.39. The summed E-state index contributed by atoms with van der Waals surface area (Å²) in [7, 11) is 0. The van der Waals surface area contributed by atoms with Crippen molar-refractivity contribution < 1.29 is 14.3 Å². The second-order valence-electron chi connectivity index (χ2n) is 6.39. The van der Waals surface area contributed by atoms with Gasteiger partial charge in [-0.25, -0.2) is 4.79 Å². The molecule has 0 aromatic rings. The fraction of sp³-hybridized carbons (Fsp3) is 0.923. The van der Waals surface area contributed by atoms with E-state index in [1.54, 1.807) is 4.90 Å². The summed E-state index contributed by atoms with van der Waals surface area (Å²) in [4.78, 5) is 13.8. The minimum absolute atomic E-state index is 0.145. The molecule has 18 heavy (non-hydrogen) atoms. The first-order valence-electron chi connectivity index (χ1n) is 6.65. The van der Waals surface area contributed by atoms with Crippen molar-refractivity contribution in [3.63, 3.8) is 0 Å². The van der Waals surface area contributed by atoms with Gasteiger partial charge in [0.25, 0.3) is 0 Å². The largest absolute Gasteiger partial charge is 0.444 e. The van der Waals surface area contributed by atoms with Gasteiger partial charge in [0.2, 0.25) is 0 Å². The maximum atomic E-state index is 12.1. The lowest BCUT2D eigenvalue weighted by Crippen LogP contribution is -2.67. The average molecular weight is 256 g/mol. The Bertz CT molecular complexity index is 327. The van der Waals surface area contributed by atoms with Gasteiger partial charge in [0.05, 0.1) is 18.2 Å². The number of piperidine rings is 1. The number of morpholine rings is 1. The molecule has 2 aliphatic heterocycles. The molecule has 104 valence electrons. The van der Waals surface area contributed by atoms with E-state index in [2.05, 4.69) is 12.2 Å². The Labute approximate surface area is 109 Å². The smallest absolute Gasteiger partial charge is 0.410 e. The Morgan fingerprint density at radius 1 is 1.50 bits per heavy atom. The van der Waals surface area contributed by atoms with Crippen LogP contribution in [0.15, 0.2) is 0 Å². The summed E-state index contributed by atoms with van der Waals surface area (Å²) in [6.07, 6.45) is 0.836. The summed E-state index contributed by atoms with van der Waals surface area (Å²) in [5.41, 5.74) is -0.585. The minimum atomic E-state index is -0.439. The number of ether oxygens (including phenoxy) is 2. The summed E-state index contributed by atoms with van der Waals surface area (Å²) in [5, 5.41) is 3.47. The van der Waals surface area contributed by atoms with Gasteiger partial charge in [-0.05, 0) is 34.1 Å². The highest BCUT2D eigenvalue weighted by atomic mass is 16.6. The van der Waals surface area contributed by atoms with Crippen LogP contribution >= 0.6 is 0 Å². The van der Waals surface area contributed by atoms with Crippen LogP contribution in [0.1, 0.15) is 34.1 Å². The number of fused-ring (bicyclic) bond motifs is 1. The van der Waals surface area contributed by atoms with Gasteiger partial charge < -0.3 is 19.7 Å². The molecule has 0 spiro atoms. The number of carbonyl (C=O) groups is 1. The average Bonchev–Trinajstić information content (AvgIpc) is 2.25. The van der Waals surface area contributed by atoms with Gasteiger partial charge in [-0.3, -0.25) is 0 Å². The van der Waals surface area contributed by atoms with E-state index in [1.165, 1.54) is 0 Å². The third kappa shape index (κ3) is 2.95. The standard InChI is InChI=1S/C13H24N2O3/c1-12(2,3)18-11(16)15-7-5-10-13(4,9-15)14-6-8-17-10/h10,14H,5-9H2,1-4H3. The lowest BCUT2D eigenvalue weighted by atomic mass is 9.87. The van der Waals surface area contributed by atoms with Crippen LogP contribution in [0, 0.1) is 0 Å². The van der Waals surface area contributed by atoms with Crippen molar-refractivity contribution in [2.45, 2.75) is 51.4 Å². The van der Waals surface area contributed by atoms with Gasteiger partial charge >= 0.3 is 6.09 Å². The molecule has 0 saturated carbocycles. The Kier molecular flexibility index (Phi) is 3.56. The zero-order chi connectivity index (χ0) is 13.4. The fourth-order valence-corrected chi connectivity index (χ4v) is 2.63. The predicted octanol–water partition coefficient (Wildman–Crippen LogP) is 1.37. The normalized spacial score (nSPS) is 32.9. The molecule has 1 N–H and O–H groups in total. The highest BCUT2D eigenvalue weighted by Gasteiger charge is 2.44. The fourth-order valence-electron chi connectivity index (χ4n) is 2.63. The quantitative estimate of drug-likeness (QED) is 0.711. The Balaban J connectivity index is 1.98. The third-order valence-corrected chi connectivity index (χ3v) is 3.49. The molecule has 1 amide bonds.